The molecule has 0 heterocycles. The fourth-order valence-electron chi connectivity index (χ4n) is 1.30. The number of nitrogens with one attached hydrogen (secondary N) is 4. The quantitative estimate of drug-likeness (QED) is 0.146. The summed E-state index contributed by atoms with van der Waals surface area (Å²) >= 11 is 3.42. The van der Waals surface area contributed by atoms with Crippen LogP contribution in [0.25, 0.3) is 0 Å². The van der Waals surface area contributed by atoms with Crippen LogP contribution in [-0.2, 0) is 0 Å². The Balaban J connectivity index is 3.60. The van der Waals surface area contributed by atoms with E-state index < -0.39 is 9.85 Å². The summed E-state index contributed by atoms with van der Waals surface area (Å²) < 4.78 is 0. The van der Waals surface area contributed by atoms with Gasteiger partial charge < -0.3 is 21.3 Å². The number of nitrogens with zero attached hydrogens (tertiary/aromatic N) is 2. The van der Waals surface area contributed by atoms with Crippen LogP contribution in [0.4, 0.5) is 0 Å². The first-order valence-corrected chi connectivity index (χ1v) is 9.00. The summed E-state index contributed by atoms with van der Waals surface area (Å²) in [5.74, 6) is 2.40. The van der Waals surface area contributed by atoms with Gasteiger partial charge in [0.2, 0.25) is 0 Å². The number of hydrogen-bond donors (Lipinski definition) is 4. The summed E-state index contributed by atoms with van der Waals surface area (Å²) in [6.07, 6.45) is 1.78. The van der Waals surface area contributed by atoms with Crippen molar-refractivity contribution in [1.29, 1.82) is 0 Å². The molecule has 0 rings (SSSR count). The normalized spacial score (nSPS) is 11.7. The average Bonchev–Trinajstić information content (AvgIpc) is 2.49. The molecular formula is C11H22N6O4S2. The molecule has 0 spiro atoms. The Bertz CT molecular complexity index is 395. The van der Waals surface area contributed by atoms with Crippen molar-refractivity contribution in [3.63, 3.8) is 0 Å². The molecular weight excluding hydrogens is 344 g/mol. The lowest BCUT2D eigenvalue weighted by Crippen LogP contribution is -2.26. The molecule has 0 aromatic carbocycles. The van der Waals surface area contributed by atoms with Crippen LogP contribution >= 0.6 is 23.5 Å². The summed E-state index contributed by atoms with van der Waals surface area (Å²) in [4.78, 5) is 19.6. The first-order valence-electron chi connectivity index (χ1n) is 6.69. The van der Waals surface area contributed by atoms with Gasteiger partial charge >= 0.3 is 0 Å². The standard InChI is InChI=1S/C11H22N6O4S2/c1-12-10(7-16(18)19)14-3-5-22-9-23-6-4-15-11(13-2)8-17(20)21/h7-8,12-15H,3-6,9H2,1-2H3/b10-7+,11-8+. The van der Waals surface area contributed by atoms with E-state index in [1.165, 1.54) is 0 Å². The summed E-state index contributed by atoms with van der Waals surface area (Å²) in [7, 11) is 3.23. The molecule has 0 fully saturated rings. The molecule has 0 aromatic rings. The highest BCUT2D eigenvalue weighted by Gasteiger charge is 2.00. The minimum atomic E-state index is -0.512. The van der Waals surface area contributed by atoms with Crippen LogP contribution in [0, 0.1) is 20.2 Å². The Labute approximate surface area is 143 Å². The molecule has 0 aromatic heterocycles. The smallest absolute Gasteiger partial charge is 0.274 e. The van der Waals surface area contributed by atoms with Crippen LogP contribution in [-0.4, -0.2) is 53.6 Å². The van der Waals surface area contributed by atoms with Gasteiger partial charge in [0.1, 0.15) is 0 Å². The fourth-order valence-corrected chi connectivity index (χ4v) is 3.21. The monoisotopic (exact) mass is 366 g/mol. The van der Waals surface area contributed by atoms with Crippen LogP contribution < -0.4 is 21.3 Å². The van der Waals surface area contributed by atoms with Crippen LogP contribution in [0.1, 0.15) is 0 Å². The average molecular weight is 366 g/mol. The lowest BCUT2D eigenvalue weighted by molar-refractivity contribution is -0.404. The molecule has 132 valence electrons. The predicted molar refractivity (Wildman–Crippen MR) is 94.1 cm³/mol. The van der Waals surface area contributed by atoms with E-state index in [1.54, 1.807) is 37.6 Å². The van der Waals surface area contributed by atoms with Crippen molar-refractivity contribution in [3.05, 3.63) is 44.3 Å². The van der Waals surface area contributed by atoms with Crippen molar-refractivity contribution < 1.29 is 9.85 Å². The summed E-state index contributed by atoms with van der Waals surface area (Å²) in [6.45, 7) is 1.25. The van der Waals surface area contributed by atoms with Crippen LogP contribution in [0.15, 0.2) is 24.0 Å². The zero-order valence-electron chi connectivity index (χ0n) is 13.0. The van der Waals surface area contributed by atoms with Gasteiger partial charge in [0.25, 0.3) is 12.4 Å². The largest absolute Gasteiger partial charge is 0.370 e. The van der Waals surface area contributed by atoms with Gasteiger partial charge in [-0.2, -0.15) is 0 Å². The number of nitro groups is 2. The van der Waals surface area contributed by atoms with Gasteiger partial charge in [-0.25, -0.2) is 0 Å². The van der Waals surface area contributed by atoms with Gasteiger partial charge in [0, 0.05) is 43.8 Å². The van der Waals surface area contributed by atoms with E-state index in [-0.39, 0.29) is 0 Å². The molecule has 0 aliphatic heterocycles. The van der Waals surface area contributed by atoms with Crippen molar-refractivity contribution in [2.45, 2.75) is 0 Å². The van der Waals surface area contributed by atoms with E-state index in [0.29, 0.717) is 24.7 Å². The van der Waals surface area contributed by atoms with Crippen molar-refractivity contribution in [1.82, 2.24) is 21.3 Å². The molecule has 0 saturated carbocycles. The molecule has 0 aliphatic carbocycles. The Morgan fingerprint density at radius 1 is 0.913 bits per heavy atom. The minimum absolute atomic E-state index is 0.379. The zero-order chi connectivity index (χ0) is 17.5. The topological polar surface area (TPSA) is 134 Å². The van der Waals surface area contributed by atoms with Crippen molar-refractivity contribution >= 4 is 23.5 Å². The second-order valence-electron chi connectivity index (χ2n) is 3.94. The first kappa shape index (κ1) is 21.2. The van der Waals surface area contributed by atoms with Gasteiger partial charge in [0.05, 0.1) is 9.85 Å². The Kier molecular flexibility index (Phi) is 12.7. The molecule has 10 nitrogen and oxygen atoms in total. The molecule has 0 bridgehead atoms. The van der Waals surface area contributed by atoms with Crippen molar-refractivity contribution in [3.8, 4) is 0 Å². The van der Waals surface area contributed by atoms with Crippen molar-refractivity contribution in [2.75, 3.05) is 43.8 Å². The highest BCUT2D eigenvalue weighted by molar-refractivity contribution is 8.15. The van der Waals surface area contributed by atoms with E-state index in [4.69, 9.17) is 0 Å². The summed E-state index contributed by atoms with van der Waals surface area (Å²) in [6, 6.07) is 0. The van der Waals surface area contributed by atoms with Gasteiger partial charge in [-0.05, 0) is 0 Å². The van der Waals surface area contributed by atoms with E-state index in [2.05, 4.69) is 21.3 Å². The Morgan fingerprint density at radius 2 is 1.30 bits per heavy atom. The molecule has 23 heavy (non-hydrogen) atoms. The molecule has 4 N–H and O–H groups in total. The van der Waals surface area contributed by atoms with Crippen LogP contribution in [0.2, 0.25) is 0 Å². The molecule has 0 amide bonds. The molecule has 0 atom stereocenters. The first-order chi connectivity index (χ1) is 11.0. The van der Waals surface area contributed by atoms with E-state index in [1.807, 2.05) is 0 Å². The number of hydrogen-bond acceptors (Lipinski definition) is 10. The fraction of sp³-hybridized carbons (Fsp3) is 0.636. The van der Waals surface area contributed by atoms with E-state index >= 15 is 0 Å². The SMILES string of the molecule is CN/C(=C\[N+](=O)[O-])NCCSCSCCN/C(=C/[N+](=O)[O-])NC. The third-order valence-electron chi connectivity index (χ3n) is 2.30. The van der Waals surface area contributed by atoms with E-state index in [9.17, 15) is 20.2 Å². The van der Waals surface area contributed by atoms with Gasteiger partial charge in [-0.1, -0.05) is 0 Å². The number of rotatable bonds is 14. The zero-order valence-corrected chi connectivity index (χ0v) is 14.7. The number of thioether (sulfide) groups is 2. The maximum absolute atomic E-state index is 10.3. The second-order valence-corrected chi connectivity index (χ2v) is 6.52. The lowest BCUT2D eigenvalue weighted by atomic mass is 10.6. The highest BCUT2D eigenvalue weighted by Crippen LogP contribution is 2.10. The summed E-state index contributed by atoms with van der Waals surface area (Å²) in [5, 5.41) is 32.8. The molecule has 0 radical (unpaired) electrons. The van der Waals surface area contributed by atoms with Gasteiger partial charge in [0.15, 0.2) is 11.6 Å². The molecule has 0 saturated heterocycles. The third-order valence-corrected chi connectivity index (χ3v) is 4.62. The van der Waals surface area contributed by atoms with Crippen LogP contribution in [0.3, 0.4) is 0 Å². The molecule has 0 aliphatic rings. The van der Waals surface area contributed by atoms with Crippen molar-refractivity contribution in [2.24, 2.45) is 0 Å². The Hall–Kier alpha value is -1.82. The predicted octanol–water partition coefficient (Wildman–Crippen LogP) is 0.180. The summed E-state index contributed by atoms with van der Waals surface area (Å²) in [5.41, 5.74) is 0. The van der Waals surface area contributed by atoms with Gasteiger partial charge in [-0.3, -0.25) is 20.2 Å². The molecule has 0 unspecified atom stereocenters. The molecule has 12 heteroatoms. The van der Waals surface area contributed by atoms with Gasteiger partial charge in [-0.15, -0.1) is 23.5 Å². The Morgan fingerprint density at radius 3 is 1.61 bits per heavy atom. The second kappa shape index (κ2) is 13.8. The third kappa shape index (κ3) is 13.6. The maximum Gasteiger partial charge on any atom is 0.274 e. The lowest BCUT2D eigenvalue weighted by Gasteiger charge is -2.08. The van der Waals surface area contributed by atoms with Crippen LogP contribution in [0.5, 0.6) is 0 Å². The maximum atomic E-state index is 10.3. The van der Waals surface area contributed by atoms with E-state index in [0.717, 1.165) is 29.0 Å². The highest BCUT2D eigenvalue weighted by atomic mass is 32.2. The minimum Gasteiger partial charge on any atom is -0.370 e.